The molecule has 2 aromatic rings. The van der Waals surface area contributed by atoms with Crippen LogP contribution in [0.25, 0.3) is 0 Å². The molecule has 1 atom stereocenters. The summed E-state index contributed by atoms with van der Waals surface area (Å²) in [5.41, 5.74) is 8.30. The molecule has 106 valence electrons. The summed E-state index contributed by atoms with van der Waals surface area (Å²) >= 11 is 3.51. The average molecular weight is 333 g/mol. The highest BCUT2D eigenvalue weighted by atomic mass is 79.9. The standard InChI is InChI=1S/C17H21BrN2/c1-12-5-3-6-13(2)17(12)11-16(20-19)10-14-7-4-8-15(18)9-14/h3-9,16,20H,10-11,19H2,1-2H3. The van der Waals surface area contributed by atoms with Gasteiger partial charge in [-0.3, -0.25) is 11.3 Å². The van der Waals surface area contributed by atoms with Gasteiger partial charge in [0.2, 0.25) is 0 Å². The number of benzene rings is 2. The number of hydrogen-bond acceptors (Lipinski definition) is 2. The van der Waals surface area contributed by atoms with Crippen molar-refractivity contribution in [3.63, 3.8) is 0 Å². The van der Waals surface area contributed by atoms with Crippen molar-refractivity contribution in [2.24, 2.45) is 5.84 Å². The third-order valence-electron chi connectivity index (χ3n) is 3.70. The summed E-state index contributed by atoms with van der Waals surface area (Å²) in [6.45, 7) is 4.32. The fraction of sp³-hybridized carbons (Fsp3) is 0.294. The predicted molar refractivity (Wildman–Crippen MR) is 88.6 cm³/mol. The number of rotatable bonds is 5. The number of hydrazine groups is 1. The van der Waals surface area contributed by atoms with Crippen LogP contribution < -0.4 is 11.3 Å². The highest BCUT2D eigenvalue weighted by Crippen LogP contribution is 2.18. The van der Waals surface area contributed by atoms with Gasteiger partial charge in [0, 0.05) is 10.5 Å². The maximum absolute atomic E-state index is 5.74. The molecule has 2 nitrogen and oxygen atoms in total. The molecular weight excluding hydrogens is 312 g/mol. The van der Waals surface area contributed by atoms with Gasteiger partial charge >= 0.3 is 0 Å². The second-order valence-electron chi connectivity index (χ2n) is 5.27. The Hall–Kier alpha value is -1.16. The number of nitrogens with one attached hydrogen (secondary N) is 1. The molecule has 0 aromatic heterocycles. The van der Waals surface area contributed by atoms with Crippen LogP contribution in [0.1, 0.15) is 22.3 Å². The van der Waals surface area contributed by atoms with Gasteiger partial charge in [0.25, 0.3) is 0 Å². The Morgan fingerprint density at radius 2 is 1.70 bits per heavy atom. The van der Waals surface area contributed by atoms with E-state index < -0.39 is 0 Å². The first kappa shape index (κ1) is 15.2. The van der Waals surface area contributed by atoms with E-state index in [2.05, 4.69) is 71.6 Å². The quantitative estimate of drug-likeness (QED) is 0.647. The molecule has 0 aliphatic rings. The van der Waals surface area contributed by atoms with Crippen molar-refractivity contribution < 1.29 is 0 Å². The van der Waals surface area contributed by atoms with Crippen molar-refractivity contribution in [2.45, 2.75) is 32.7 Å². The van der Waals surface area contributed by atoms with E-state index >= 15 is 0 Å². The van der Waals surface area contributed by atoms with Gasteiger partial charge in [-0.15, -0.1) is 0 Å². The van der Waals surface area contributed by atoms with Crippen LogP contribution in [0.3, 0.4) is 0 Å². The molecule has 0 saturated carbocycles. The van der Waals surface area contributed by atoms with Crippen LogP contribution in [0.5, 0.6) is 0 Å². The van der Waals surface area contributed by atoms with Crippen molar-refractivity contribution in [2.75, 3.05) is 0 Å². The minimum Gasteiger partial charge on any atom is -0.271 e. The lowest BCUT2D eigenvalue weighted by Gasteiger charge is -2.19. The summed E-state index contributed by atoms with van der Waals surface area (Å²) in [5, 5.41) is 0. The molecule has 0 spiro atoms. The molecule has 1 unspecified atom stereocenters. The molecule has 0 amide bonds. The lowest BCUT2D eigenvalue weighted by molar-refractivity contribution is 0.520. The molecule has 0 heterocycles. The van der Waals surface area contributed by atoms with Gasteiger partial charge in [-0.05, 0) is 61.1 Å². The predicted octanol–water partition coefficient (Wildman–Crippen LogP) is 3.68. The maximum atomic E-state index is 5.74. The van der Waals surface area contributed by atoms with Crippen molar-refractivity contribution in [1.82, 2.24) is 5.43 Å². The first-order chi connectivity index (χ1) is 9.60. The minimum absolute atomic E-state index is 0.240. The molecule has 0 aliphatic carbocycles. The van der Waals surface area contributed by atoms with E-state index in [0.29, 0.717) is 0 Å². The molecule has 0 aliphatic heterocycles. The highest BCUT2D eigenvalue weighted by Gasteiger charge is 2.12. The lowest BCUT2D eigenvalue weighted by Crippen LogP contribution is -2.38. The van der Waals surface area contributed by atoms with E-state index in [0.717, 1.165) is 17.3 Å². The SMILES string of the molecule is Cc1cccc(C)c1CC(Cc1cccc(Br)c1)NN. The molecule has 3 N–H and O–H groups in total. The molecular formula is C17H21BrN2. The van der Waals surface area contributed by atoms with Gasteiger partial charge in [0.1, 0.15) is 0 Å². The highest BCUT2D eigenvalue weighted by molar-refractivity contribution is 9.10. The van der Waals surface area contributed by atoms with E-state index in [9.17, 15) is 0 Å². The average Bonchev–Trinajstić information content (AvgIpc) is 2.42. The fourth-order valence-electron chi connectivity index (χ4n) is 2.56. The van der Waals surface area contributed by atoms with E-state index in [1.807, 2.05) is 6.07 Å². The molecule has 0 bridgehead atoms. The van der Waals surface area contributed by atoms with Gasteiger partial charge in [0.05, 0.1) is 0 Å². The third kappa shape index (κ3) is 3.92. The van der Waals surface area contributed by atoms with Crippen LogP contribution in [0.4, 0.5) is 0 Å². The maximum Gasteiger partial charge on any atom is 0.0291 e. The molecule has 0 fully saturated rings. The Morgan fingerprint density at radius 3 is 2.30 bits per heavy atom. The van der Waals surface area contributed by atoms with Crippen LogP contribution in [0.15, 0.2) is 46.9 Å². The molecule has 20 heavy (non-hydrogen) atoms. The van der Waals surface area contributed by atoms with Gasteiger partial charge < -0.3 is 0 Å². The van der Waals surface area contributed by atoms with Crippen molar-refractivity contribution in [1.29, 1.82) is 0 Å². The van der Waals surface area contributed by atoms with E-state index in [1.54, 1.807) is 0 Å². The Balaban J connectivity index is 2.13. The molecule has 2 aromatic carbocycles. The second kappa shape index (κ2) is 7.02. The summed E-state index contributed by atoms with van der Waals surface area (Å²) in [6.07, 6.45) is 1.87. The molecule has 3 heteroatoms. The van der Waals surface area contributed by atoms with E-state index in [-0.39, 0.29) is 6.04 Å². The van der Waals surface area contributed by atoms with E-state index in [4.69, 9.17) is 5.84 Å². The zero-order valence-electron chi connectivity index (χ0n) is 12.0. The zero-order chi connectivity index (χ0) is 14.5. The monoisotopic (exact) mass is 332 g/mol. The van der Waals surface area contributed by atoms with E-state index in [1.165, 1.54) is 22.3 Å². The van der Waals surface area contributed by atoms with Crippen LogP contribution in [0.2, 0.25) is 0 Å². The smallest absolute Gasteiger partial charge is 0.0291 e. The summed E-state index contributed by atoms with van der Waals surface area (Å²) in [7, 11) is 0. The number of nitrogens with two attached hydrogens (primary N) is 1. The van der Waals surface area contributed by atoms with Gasteiger partial charge in [-0.1, -0.05) is 46.3 Å². The van der Waals surface area contributed by atoms with Crippen LogP contribution in [-0.4, -0.2) is 6.04 Å². The normalized spacial score (nSPS) is 12.4. The second-order valence-corrected chi connectivity index (χ2v) is 6.19. The Morgan fingerprint density at radius 1 is 1.05 bits per heavy atom. The minimum atomic E-state index is 0.240. The summed E-state index contributed by atoms with van der Waals surface area (Å²) < 4.78 is 1.11. The third-order valence-corrected chi connectivity index (χ3v) is 4.20. The topological polar surface area (TPSA) is 38.0 Å². The Bertz CT molecular complexity index is 561. The van der Waals surface area contributed by atoms with Crippen molar-refractivity contribution in [3.05, 3.63) is 69.2 Å². The van der Waals surface area contributed by atoms with Crippen LogP contribution in [0, 0.1) is 13.8 Å². The largest absolute Gasteiger partial charge is 0.271 e. The van der Waals surface area contributed by atoms with Crippen molar-refractivity contribution in [3.8, 4) is 0 Å². The summed E-state index contributed by atoms with van der Waals surface area (Å²) in [5.74, 6) is 5.74. The van der Waals surface area contributed by atoms with Gasteiger partial charge in [0.15, 0.2) is 0 Å². The molecule has 0 radical (unpaired) electrons. The van der Waals surface area contributed by atoms with Gasteiger partial charge in [-0.25, -0.2) is 0 Å². The first-order valence-corrected chi connectivity index (χ1v) is 7.65. The molecule has 2 rings (SSSR count). The Kier molecular flexibility index (Phi) is 5.35. The van der Waals surface area contributed by atoms with Crippen LogP contribution in [-0.2, 0) is 12.8 Å². The fourth-order valence-corrected chi connectivity index (χ4v) is 3.00. The van der Waals surface area contributed by atoms with Crippen LogP contribution >= 0.6 is 15.9 Å². The van der Waals surface area contributed by atoms with Crippen molar-refractivity contribution >= 4 is 15.9 Å². The first-order valence-electron chi connectivity index (χ1n) is 6.86. The number of hydrogen-bond donors (Lipinski definition) is 2. The summed E-state index contributed by atoms with van der Waals surface area (Å²) in [6, 6.07) is 15.1. The number of halogens is 1. The number of aryl methyl sites for hydroxylation is 2. The zero-order valence-corrected chi connectivity index (χ0v) is 13.6. The Labute approximate surface area is 129 Å². The van der Waals surface area contributed by atoms with Gasteiger partial charge in [-0.2, -0.15) is 0 Å². The molecule has 0 saturated heterocycles. The summed E-state index contributed by atoms with van der Waals surface area (Å²) in [4.78, 5) is 0. The lowest BCUT2D eigenvalue weighted by atomic mass is 9.93.